The van der Waals surface area contributed by atoms with E-state index in [1.165, 1.54) is 24.4 Å². The van der Waals surface area contributed by atoms with Crippen molar-refractivity contribution in [2.45, 2.75) is 20.4 Å². The molecule has 0 saturated carbocycles. The van der Waals surface area contributed by atoms with Gasteiger partial charge in [0.05, 0.1) is 28.6 Å². The number of nitro groups is 1. The van der Waals surface area contributed by atoms with Crippen LogP contribution < -0.4 is 5.32 Å². The van der Waals surface area contributed by atoms with Crippen LogP contribution in [0.15, 0.2) is 30.6 Å². The average molecular weight is 323 g/mol. The van der Waals surface area contributed by atoms with Gasteiger partial charge in [0, 0.05) is 24.0 Å². The molecule has 1 unspecified atom stereocenters. The van der Waals surface area contributed by atoms with Crippen molar-refractivity contribution in [2.24, 2.45) is 5.92 Å². The number of hydrogen-bond acceptors (Lipinski definition) is 4. The third-order valence-corrected chi connectivity index (χ3v) is 3.38. The number of hydrogen-bond donors (Lipinski definition) is 1. The van der Waals surface area contributed by atoms with E-state index in [2.05, 4.69) is 10.4 Å². The molecule has 1 amide bonds. The maximum atomic E-state index is 12.2. The second kappa shape index (κ2) is 6.57. The second-order valence-corrected chi connectivity index (χ2v) is 5.46. The highest BCUT2D eigenvalue weighted by molar-refractivity contribution is 6.30. The van der Waals surface area contributed by atoms with E-state index in [1.54, 1.807) is 24.7 Å². The lowest BCUT2D eigenvalue weighted by Gasteiger charge is -2.13. The maximum Gasteiger partial charge on any atom is 0.269 e. The molecule has 0 spiro atoms. The molecule has 1 aromatic heterocycles. The molecule has 0 aliphatic carbocycles. The topological polar surface area (TPSA) is 90.1 Å². The van der Waals surface area contributed by atoms with Crippen molar-refractivity contribution in [1.29, 1.82) is 0 Å². The van der Waals surface area contributed by atoms with Crippen molar-refractivity contribution < 1.29 is 9.72 Å². The van der Waals surface area contributed by atoms with Gasteiger partial charge in [0.15, 0.2) is 0 Å². The molecule has 2 rings (SSSR count). The summed E-state index contributed by atoms with van der Waals surface area (Å²) in [6.45, 7) is 3.87. The number of nitro benzene ring substituents is 1. The average Bonchev–Trinajstić information content (AvgIpc) is 2.85. The van der Waals surface area contributed by atoms with Gasteiger partial charge in [-0.25, -0.2) is 0 Å². The first-order valence-corrected chi connectivity index (χ1v) is 6.98. The number of non-ortho nitro benzene ring substituents is 1. The number of anilines is 1. The number of carbonyl (C=O) groups is 1. The Morgan fingerprint density at radius 1 is 1.55 bits per heavy atom. The number of aromatic nitrogens is 2. The number of aryl methyl sites for hydroxylation is 1. The van der Waals surface area contributed by atoms with Crippen LogP contribution in [-0.2, 0) is 11.3 Å². The summed E-state index contributed by atoms with van der Waals surface area (Å²) in [5.41, 5.74) is 1.19. The molecule has 22 heavy (non-hydrogen) atoms. The number of nitrogens with one attached hydrogen (secondary N) is 1. The van der Waals surface area contributed by atoms with E-state index >= 15 is 0 Å². The van der Waals surface area contributed by atoms with Crippen molar-refractivity contribution in [1.82, 2.24) is 9.78 Å². The van der Waals surface area contributed by atoms with Gasteiger partial charge in [-0.1, -0.05) is 18.5 Å². The van der Waals surface area contributed by atoms with Gasteiger partial charge in [0.25, 0.3) is 5.69 Å². The number of halogens is 1. The van der Waals surface area contributed by atoms with Crippen LogP contribution in [0.5, 0.6) is 0 Å². The van der Waals surface area contributed by atoms with Crippen molar-refractivity contribution in [2.75, 3.05) is 5.32 Å². The van der Waals surface area contributed by atoms with Crippen LogP contribution in [0.1, 0.15) is 12.5 Å². The van der Waals surface area contributed by atoms with E-state index in [9.17, 15) is 14.9 Å². The molecule has 116 valence electrons. The minimum absolute atomic E-state index is 0.00488. The Kier molecular flexibility index (Phi) is 4.77. The normalized spacial score (nSPS) is 12.0. The van der Waals surface area contributed by atoms with Gasteiger partial charge in [-0.15, -0.1) is 0 Å². The minimum atomic E-state index is -0.470. The Labute approximate surface area is 132 Å². The zero-order chi connectivity index (χ0) is 16.3. The number of rotatable bonds is 5. The van der Waals surface area contributed by atoms with Gasteiger partial charge in [-0.2, -0.15) is 5.10 Å². The number of nitrogens with zero attached hydrogens (tertiary/aromatic N) is 3. The standard InChI is InChI=1S/C14H15ClN4O3/c1-9-5-12(19(21)22)3-4-13(9)17-14(20)10(2)7-18-8-11(15)6-16-18/h3-6,8,10H,7H2,1-2H3,(H,17,20). The van der Waals surface area contributed by atoms with Gasteiger partial charge >= 0.3 is 0 Å². The minimum Gasteiger partial charge on any atom is -0.326 e. The summed E-state index contributed by atoms with van der Waals surface area (Å²) in [6.07, 6.45) is 3.15. The van der Waals surface area contributed by atoms with Gasteiger partial charge in [0.1, 0.15) is 0 Å². The van der Waals surface area contributed by atoms with E-state index in [-0.39, 0.29) is 17.5 Å². The van der Waals surface area contributed by atoms with E-state index in [1.807, 2.05) is 0 Å². The molecule has 1 N–H and O–H groups in total. The second-order valence-electron chi connectivity index (χ2n) is 5.03. The number of benzene rings is 1. The molecule has 0 fully saturated rings. The smallest absolute Gasteiger partial charge is 0.269 e. The molecule has 0 aliphatic heterocycles. The highest BCUT2D eigenvalue weighted by Gasteiger charge is 2.16. The van der Waals surface area contributed by atoms with Crippen LogP contribution in [0.2, 0.25) is 5.02 Å². The van der Waals surface area contributed by atoms with Crippen LogP contribution in [0.4, 0.5) is 11.4 Å². The summed E-state index contributed by atoms with van der Waals surface area (Å²) in [7, 11) is 0. The highest BCUT2D eigenvalue weighted by Crippen LogP contribution is 2.21. The quantitative estimate of drug-likeness (QED) is 0.676. The van der Waals surface area contributed by atoms with Crippen molar-refractivity contribution in [3.05, 3.63) is 51.3 Å². The first kappa shape index (κ1) is 16.0. The fourth-order valence-corrected chi connectivity index (χ4v) is 2.12. The highest BCUT2D eigenvalue weighted by atomic mass is 35.5. The molecule has 0 bridgehead atoms. The van der Waals surface area contributed by atoms with Crippen molar-refractivity contribution >= 4 is 28.9 Å². The fourth-order valence-electron chi connectivity index (χ4n) is 1.96. The molecular weight excluding hydrogens is 308 g/mol. The predicted molar refractivity (Wildman–Crippen MR) is 82.9 cm³/mol. The lowest BCUT2D eigenvalue weighted by atomic mass is 10.1. The molecule has 1 atom stereocenters. The molecule has 1 heterocycles. The summed E-state index contributed by atoms with van der Waals surface area (Å²) < 4.78 is 1.59. The Bertz CT molecular complexity index is 714. The lowest BCUT2D eigenvalue weighted by Crippen LogP contribution is -2.25. The van der Waals surface area contributed by atoms with Crippen LogP contribution in [0, 0.1) is 23.0 Å². The van der Waals surface area contributed by atoms with Crippen LogP contribution in [-0.4, -0.2) is 20.6 Å². The first-order valence-electron chi connectivity index (χ1n) is 6.60. The fraction of sp³-hybridized carbons (Fsp3) is 0.286. The van der Waals surface area contributed by atoms with Gasteiger partial charge in [-0.05, 0) is 18.6 Å². The molecule has 1 aromatic carbocycles. The number of carbonyl (C=O) groups excluding carboxylic acids is 1. The van der Waals surface area contributed by atoms with Crippen LogP contribution >= 0.6 is 11.6 Å². The Hall–Kier alpha value is -2.41. The van der Waals surface area contributed by atoms with E-state index < -0.39 is 4.92 Å². The molecule has 0 radical (unpaired) electrons. The van der Waals surface area contributed by atoms with E-state index in [0.717, 1.165) is 0 Å². The monoisotopic (exact) mass is 322 g/mol. The molecule has 0 saturated heterocycles. The molecule has 8 heteroatoms. The zero-order valence-electron chi connectivity index (χ0n) is 12.1. The Morgan fingerprint density at radius 2 is 2.27 bits per heavy atom. The molecule has 0 aliphatic rings. The summed E-state index contributed by atoms with van der Waals surface area (Å²) >= 11 is 5.78. The lowest BCUT2D eigenvalue weighted by molar-refractivity contribution is -0.384. The third kappa shape index (κ3) is 3.82. The first-order chi connectivity index (χ1) is 10.4. The Balaban J connectivity index is 2.03. The number of amides is 1. The molecule has 7 nitrogen and oxygen atoms in total. The van der Waals surface area contributed by atoms with E-state index in [4.69, 9.17) is 11.6 Å². The van der Waals surface area contributed by atoms with Crippen LogP contribution in [0.3, 0.4) is 0 Å². The van der Waals surface area contributed by atoms with E-state index in [0.29, 0.717) is 22.8 Å². The SMILES string of the molecule is Cc1cc([N+](=O)[O-])ccc1NC(=O)C(C)Cn1cc(Cl)cn1. The largest absolute Gasteiger partial charge is 0.326 e. The Morgan fingerprint density at radius 3 is 2.82 bits per heavy atom. The summed E-state index contributed by atoms with van der Waals surface area (Å²) in [5, 5.41) is 18.0. The maximum absolute atomic E-state index is 12.2. The summed E-state index contributed by atoms with van der Waals surface area (Å²) in [5.74, 6) is -0.519. The third-order valence-electron chi connectivity index (χ3n) is 3.19. The molecule has 2 aromatic rings. The van der Waals surface area contributed by atoms with Gasteiger partial charge in [0.2, 0.25) is 5.91 Å². The summed E-state index contributed by atoms with van der Waals surface area (Å²) in [4.78, 5) is 22.4. The predicted octanol–water partition coefficient (Wildman–Crippen LogP) is 3.03. The van der Waals surface area contributed by atoms with Gasteiger partial charge in [-0.3, -0.25) is 19.6 Å². The zero-order valence-corrected chi connectivity index (χ0v) is 12.9. The van der Waals surface area contributed by atoms with Crippen LogP contribution in [0.25, 0.3) is 0 Å². The van der Waals surface area contributed by atoms with Gasteiger partial charge < -0.3 is 5.32 Å². The van der Waals surface area contributed by atoms with Crippen molar-refractivity contribution in [3.8, 4) is 0 Å². The summed E-state index contributed by atoms with van der Waals surface area (Å²) in [6, 6.07) is 4.32. The van der Waals surface area contributed by atoms with Crippen molar-refractivity contribution in [3.63, 3.8) is 0 Å². The molecular formula is C14H15ClN4O3.